The van der Waals surface area contributed by atoms with Crippen molar-refractivity contribution in [2.45, 2.75) is 51.9 Å². The molecule has 0 aromatic carbocycles. The van der Waals surface area contributed by atoms with Gasteiger partial charge in [0.15, 0.2) is 0 Å². The van der Waals surface area contributed by atoms with Gasteiger partial charge in [0.25, 0.3) is 0 Å². The van der Waals surface area contributed by atoms with Crippen molar-refractivity contribution in [2.24, 2.45) is 11.3 Å². The van der Waals surface area contributed by atoms with E-state index in [0.717, 1.165) is 44.7 Å². The maximum atomic E-state index is 12.2. The van der Waals surface area contributed by atoms with E-state index in [2.05, 4.69) is 6.58 Å². The molecule has 1 aliphatic carbocycles. The van der Waals surface area contributed by atoms with Crippen molar-refractivity contribution in [1.82, 2.24) is 0 Å². The van der Waals surface area contributed by atoms with Gasteiger partial charge in [0, 0.05) is 18.4 Å². The molecule has 0 amide bonds. The number of carbonyl (C=O) groups is 3. The number of hydrogen-bond acceptors (Lipinski definition) is 4. The second kappa shape index (κ2) is 9.34. The third-order valence-corrected chi connectivity index (χ3v) is 4.38. The lowest BCUT2D eigenvalue weighted by Gasteiger charge is -2.37. The van der Waals surface area contributed by atoms with Gasteiger partial charge in [0.1, 0.15) is 12.6 Å². The average Bonchev–Trinajstić information content (AvgIpc) is 2.53. The Hall–Kier alpha value is -1.71. The van der Waals surface area contributed by atoms with Crippen LogP contribution in [-0.2, 0) is 19.1 Å². The SMILES string of the molecule is C=CCCC1(CCC=O)C=C(C(=O)OCCC=O)C(C)CC1. The number of carbonyl (C=O) groups excluding carboxylic acids is 3. The Morgan fingerprint density at radius 2 is 2.00 bits per heavy atom. The van der Waals surface area contributed by atoms with Crippen LogP contribution in [-0.4, -0.2) is 25.1 Å². The minimum atomic E-state index is -0.330. The first-order valence-corrected chi connectivity index (χ1v) is 7.96. The standard InChI is InChI=1S/C18H26O4/c1-3-4-8-18(9-5-11-19)10-7-15(2)16(14-18)17(21)22-13-6-12-20/h3,11-12,14-15H,1,4-10,13H2,2H3. The van der Waals surface area contributed by atoms with E-state index in [9.17, 15) is 14.4 Å². The summed E-state index contributed by atoms with van der Waals surface area (Å²) in [4.78, 5) is 33.3. The molecular formula is C18H26O4. The van der Waals surface area contributed by atoms with E-state index in [4.69, 9.17) is 4.74 Å². The second-order valence-electron chi connectivity index (χ2n) is 6.03. The predicted octanol–water partition coefficient (Wildman–Crippen LogP) is 3.41. The zero-order chi connectivity index (χ0) is 16.4. The summed E-state index contributed by atoms with van der Waals surface area (Å²) in [5.41, 5.74) is 0.563. The summed E-state index contributed by atoms with van der Waals surface area (Å²) in [6.07, 6.45) is 10.7. The first-order valence-electron chi connectivity index (χ1n) is 7.96. The molecule has 1 aliphatic rings. The monoisotopic (exact) mass is 306 g/mol. The highest BCUT2D eigenvalue weighted by Crippen LogP contribution is 2.44. The van der Waals surface area contributed by atoms with Crippen LogP contribution >= 0.6 is 0 Å². The van der Waals surface area contributed by atoms with Crippen LogP contribution in [0, 0.1) is 11.3 Å². The van der Waals surface area contributed by atoms with Crippen LogP contribution in [0.2, 0.25) is 0 Å². The molecule has 4 nitrogen and oxygen atoms in total. The van der Waals surface area contributed by atoms with Gasteiger partial charge in [-0.1, -0.05) is 19.1 Å². The van der Waals surface area contributed by atoms with Gasteiger partial charge in [-0.25, -0.2) is 4.79 Å². The van der Waals surface area contributed by atoms with Crippen molar-refractivity contribution in [3.8, 4) is 0 Å². The van der Waals surface area contributed by atoms with Crippen LogP contribution in [0.4, 0.5) is 0 Å². The van der Waals surface area contributed by atoms with Crippen LogP contribution in [0.3, 0.4) is 0 Å². The van der Waals surface area contributed by atoms with E-state index in [-0.39, 0.29) is 30.3 Å². The van der Waals surface area contributed by atoms with Crippen molar-refractivity contribution in [3.05, 3.63) is 24.3 Å². The van der Waals surface area contributed by atoms with Crippen LogP contribution in [0.5, 0.6) is 0 Å². The summed E-state index contributed by atoms with van der Waals surface area (Å²) in [5.74, 6) is -0.181. The Bertz CT molecular complexity index is 424. The van der Waals surface area contributed by atoms with Crippen LogP contribution in [0.1, 0.15) is 51.9 Å². The van der Waals surface area contributed by atoms with Gasteiger partial charge in [-0.05, 0) is 43.4 Å². The zero-order valence-electron chi connectivity index (χ0n) is 13.4. The molecule has 22 heavy (non-hydrogen) atoms. The fraction of sp³-hybridized carbons (Fsp3) is 0.611. The number of esters is 1. The van der Waals surface area contributed by atoms with E-state index in [1.54, 1.807) is 0 Å². The van der Waals surface area contributed by atoms with Crippen molar-refractivity contribution in [3.63, 3.8) is 0 Å². The second-order valence-corrected chi connectivity index (χ2v) is 6.03. The molecule has 0 saturated carbocycles. The first kappa shape index (κ1) is 18.3. The quantitative estimate of drug-likeness (QED) is 0.268. The third kappa shape index (κ3) is 5.24. The summed E-state index contributed by atoms with van der Waals surface area (Å²) < 4.78 is 5.17. The Balaban J connectivity index is 2.91. The highest BCUT2D eigenvalue weighted by atomic mass is 16.5. The number of allylic oxidation sites excluding steroid dienone is 2. The Kier molecular flexibility index (Phi) is 7.78. The fourth-order valence-electron chi connectivity index (χ4n) is 3.00. The van der Waals surface area contributed by atoms with E-state index in [1.807, 2.05) is 19.1 Å². The Labute approximate surface area is 132 Å². The molecule has 0 heterocycles. The molecule has 0 bridgehead atoms. The average molecular weight is 306 g/mol. The molecule has 4 heteroatoms. The molecule has 1 rings (SSSR count). The van der Waals surface area contributed by atoms with Crippen LogP contribution in [0.15, 0.2) is 24.3 Å². The van der Waals surface area contributed by atoms with Gasteiger partial charge < -0.3 is 14.3 Å². The van der Waals surface area contributed by atoms with Crippen molar-refractivity contribution in [2.75, 3.05) is 6.61 Å². The highest BCUT2D eigenvalue weighted by molar-refractivity contribution is 5.89. The summed E-state index contributed by atoms with van der Waals surface area (Å²) in [6, 6.07) is 0. The van der Waals surface area contributed by atoms with E-state index >= 15 is 0 Å². The van der Waals surface area contributed by atoms with Gasteiger partial charge in [0.2, 0.25) is 0 Å². The molecule has 0 aromatic heterocycles. The number of rotatable bonds is 10. The lowest BCUT2D eigenvalue weighted by molar-refractivity contribution is -0.140. The molecular weight excluding hydrogens is 280 g/mol. The van der Waals surface area contributed by atoms with E-state index in [1.165, 1.54) is 0 Å². The molecule has 0 radical (unpaired) electrons. The maximum absolute atomic E-state index is 12.2. The van der Waals surface area contributed by atoms with Crippen molar-refractivity contribution < 1.29 is 19.1 Å². The summed E-state index contributed by atoms with van der Waals surface area (Å²) in [6.45, 7) is 5.90. The van der Waals surface area contributed by atoms with Gasteiger partial charge in [0.05, 0.1) is 6.61 Å². The highest BCUT2D eigenvalue weighted by Gasteiger charge is 2.35. The predicted molar refractivity (Wildman–Crippen MR) is 85.3 cm³/mol. The Morgan fingerprint density at radius 3 is 2.64 bits per heavy atom. The van der Waals surface area contributed by atoms with Crippen LogP contribution < -0.4 is 0 Å². The van der Waals surface area contributed by atoms with Gasteiger partial charge in [-0.15, -0.1) is 6.58 Å². The summed E-state index contributed by atoms with van der Waals surface area (Å²) in [7, 11) is 0. The number of ether oxygens (including phenoxy) is 1. The number of hydrogen-bond donors (Lipinski definition) is 0. The molecule has 0 aliphatic heterocycles. The molecule has 0 N–H and O–H groups in total. The summed E-state index contributed by atoms with van der Waals surface area (Å²) >= 11 is 0. The maximum Gasteiger partial charge on any atom is 0.333 e. The van der Waals surface area contributed by atoms with Crippen LogP contribution in [0.25, 0.3) is 0 Å². The Morgan fingerprint density at radius 1 is 1.32 bits per heavy atom. The van der Waals surface area contributed by atoms with Gasteiger partial charge in [-0.3, -0.25) is 0 Å². The summed E-state index contributed by atoms with van der Waals surface area (Å²) in [5, 5.41) is 0. The third-order valence-electron chi connectivity index (χ3n) is 4.38. The lowest BCUT2D eigenvalue weighted by atomic mass is 9.68. The van der Waals surface area contributed by atoms with Crippen molar-refractivity contribution >= 4 is 18.5 Å². The molecule has 2 atom stereocenters. The molecule has 122 valence electrons. The minimum Gasteiger partial charge on any atom is -0.462 e. The van der Waals surface area contributed by atoms with Gasteiger partial charge in [-0.2, -0.15) is 0 Å². The fourth-order valence-corrected chi connectivity index (χ4v) is 3.00. The van der Waals surface area contributed by atoms with E-state index in [0.29, 0.717) is 12.0 Å². The van der Waals surface area contributed by atoms with Gasteiger partial charge >= 0.3 is 5.97 Å². The molecule has 0 saturated heterocycles. The van der Waals surface area contributed by atoms with Crippen molar-refractivity contribution in [1.29, 1.82) is 0 Å². The van der Waals surface area contributed by atoms with E-state index < -0.39 is 0 Å². The number of aldehydes is 2. The molecule has 0 fully saturated rings. The molecule has 0 aromatic rings. The zero-order valence-corrected chi connectivity index (χ0v) is 13.4. The minimum absolute atomic E-state index is 0.124. The topological polar surface area (TPSA) is 60.4 Å². The smallest absolute Gasteiger partial charge is 0.333 e. The normalized spacial score (nSPS) is 24.2. The largest absolute Gasteiger partial charge is 0.462 e. The lowest BCUT2D eigenvalue weighted by Crippen LogP contribution is -2.28. The molecule has 2 unspecified atom stereocenters. The first-order chi connectivity index (χ1) is 10.6. The molecule has 0 spiro atoms.